The zero-order chi connectivity index (χ0) is 19.6. The fourth-order valence-electron chi connectivity index (χ4n) is 3.03. The molecule has 3 rings (SSSR count). The third-order valence-electron chi connectivity index (χ3n) is 4.53. The number of fused-ring (bicyclic) bond motifs is 1. The van der Waals surface area contributed by atoms with Gasteiger partial charge in [-0.2, -0.15) is 13.2 Å². The van der Waals surface area contributed by atoms with E-state index >= 15 is 0 Å². The van der Waals surface area contributed by atoms with Crippen molar-refractivity contribution in [3.63, 3.8) is 0 Å². The molecule has 0 saturated heterocycles. The van der Waals surface area contributed by atoms with E-state index in [0.717, 1.165) is 42.6 Å². The highest BCUT2D eigenvalue weighted by Crippen LogP contribution is 2.29. The van der Waals surface area contributed by atoms with E-state index in [1.807, 2.05) is 13.1 Å². The average Bonchev–Trinajstić information content (AvgIpc) is 2.65. The van der Waals surface area contributed by atoms with E-state index in [0.29, 0.717) is 17.5 Å². The highest BCUT2D eigenvalue weighted by Gasteiger charge is 2.31. The standard InChI is InChI=1S/C20H20F3N3O/c1-3-4-5-8-26-12-13(2)17-9-14(6-7-16(17)19(26)27)18-24-10-15(11-25-18)20(21,22)23/h6-7,9-12H,3-5,8H2,1-2H3. The first-order valence-electron chi connectivity index (χ1n) is 8.84. The van der Waals surface area contributed by atoms with Gasteiger partial charge >= 0.3 is 6.18 Å². The molecule has 0 atom stereocenters. The van der Waals surface area contributed by atoms with Gasteiger partial charge in [-0.25, -0.2) is 9.97 Å². The second-order valence-electron chi connectivity index (χ2n) is 6.57. The summed E-state index contributed by atoms with van der Waals surface area (Å²) in [6.07, 6.45) is 1.99. The number of aryl methyl sites for hydroxylation is 2. The van der Waals surface area contributed by atoms with Crippen molar-refractivity contribution in [1.29, 1.82) is 0 Å². The minimum absolute atomic E-state index is 0.0633. The highest BCUT2D eigenvalue weighted by molar-refractivity contribution is 5.88. The fraction of sp³-hybridized carbons (Fsp3) is 0.350. The second-order valence-corrected chi connectivity index (χ2v) is 6.57. The van der Waals surface area contributed by atoms with Gasteiger partial charge in [-0.1, -0.05) is 25.8 Å². The first-order chi connectivity index (χ1) is 12.8. The van der Waals surface area contributed by atoms with E-state index in [1.54, 1.807) is 22.8 Å². The molecule has 142 valence electrons. The number of alkyl halides is 3. The first-order valence-corrected chi connectivity index (χ1v) is 8.84. The Hall–Kier alpha value is -2.70. The molecule has 0 aliphatic heterocycles. The number of rotatable bonds is 5. The number of aromatic nitrogens is 3. The molecule has 2 heterocycles. The number of unbranched alkanes of at least 4 members (excludes halogenated alkanes) is 2. The molecule has 27 heavy (non-hydrogen) atoms. The van der Waals surface area contributed by atoms with Crippen molar-refractivity contribution in [2.45, 2.75) is 45.8 Å². The summed E-state index contributed by atoms with van der Waals surface area (Å²) in [5.41, 5.74) is 0.544. The van der Waals surface area contributed by atoms with Gasteiger partial charge in [0.05, 0.1) is 5.56 Å². The van der Waals surface area contributed by atoms with Crippen molar-refractivity contribution in [2.75, 3.05) is 0 Å². The monoisotopic (exact) mass is 375 g/mol. The number of hydrogen-bond acceptors (Lipinski definition) is 3. The summed E-state index contributed by atoms with van der Waals surface area (Å²) < 4.78 is 39.7. The Bertz CT molecular complexity index is 1010. The Balaban J connectivity index is 1.99. The molecule has 0 bridgehead atoms. The lowest BCUT2D eigenvalue weighted by Gasteiger charge is -2.11. The van der Waals surface area contributed by atoms with Crippen LogP contribution in [0.5, 0.6) is 0 Å². The number of halogens is 3. The van der Waals surface area contributed by atoms with Crippen molar-refractivity contribution in [2.24, 2.45) is 0 Å². The van der Waals surface area contributed by atoms with Crippen molar-refractivity contribution in [3.05, 3.63) is 58.3 Å². The molecule has 3 aromatic rings. The maximum atomic E-state index is 12.7. The lowest BCUT2D eigenvalue weighted by Crippen LogP contribution is -2.20. The molecule has 0 aliphatic rings. The summed E-state index contributed by atoms with van der Waals surface area (Å²) in [5, 5.41) is 1.34. The third kappa shape index (κ3) is 4.02. The second kappa shape index (κ2) is 7.50. The van der Waals surface area contributed by atoms with E-state index in [-0.39, 0.29) is 11.4 Å². The van der Waals surface area contributed by atoms with Crippen LogP contribution in [0.15, 0.2) is 41.6 Å². The highest BCUT2D eigenvalue weighted by atomic mass is 19.4. The van der Waals surface area contributed by atoms with Gasteiger partial charge in [0.25, 0.3) is 5.56 Å². The first kappa shape index (κ1) is 19.1. The lowest BCUT2D eigenvalue weighted by atomic mass is 10.0. The van der Waals surface area contributed by atoms with E-state index < -0.39 is 11.7 Å². The van der Waals surface area contributed by atoms with Crippen LogP contribution >= 0.6 is 0 Å². The summed E-state index contributed by atoms with van der Waals surface area (Å²) in [7, 11) is 0. The summed E-state index contributed by atoms with van der Waals surface area (Å²) in [6, 6.07) is 5.12. The van der Waals surface area contributed by atoms with Crippen molar-refractivity contribution in [1.82, 2.24) is 14.5 Å². The van der Waals surface area contributed by atoms with Crippen LogP contribution in [0.1, 0.15) is 37.3 Å². The molecule has 4 nitrogen and oxygen atoms in total. The average molecular weight is 375 g/mol. The van der Waals surface area contributed by atoms with E-state index in [4.69, 9.17) is 0 Å². The normalized spacial score (nSPS) is 11.9. The van der Waals surface area contributed by atoms with Crippen LogP contribution in [-0.2, 0) is 12.7 Å². The van der Waals surface area contributed by atoms with E-state index in [1.165, 1.54) is 0 Å². The largest absolute Gasteiger partial charge is 0.419 e. The molecule has 0 amide bonds. The fourth-order valence-corrected chi connectivity index (χ4v) is 3.03. The quantitative estimate of drug-likeness (QED) is 0.591. The predicted octanol–water partition coefficient (Wildman–Crippen LogP) is 4.98. The number of benzene rings is 1. The van der Waals surface area contributed by atoms with Gasteiger partial charge in [-0.05, 0) is 36.4 Å². The van der Waals surface area contributed by atoms with Crippen LogP contribution in [0.4, 0.5) is 13.2 Å². The molecule has 0 unspecified atom stereocenters. The lowest BCUT2D eigenvalue weighted by molar-refractivity contribution is -0.138. The summed E-state index contributed by atoms with van der Waals surface area (Å²) in [4.78, 5) is 20.3. The number of pyridine rings is 1. The third-order valence-corrected chi connectivity index (χ3v) is 4.53. The van der Waals surface area contributed by atoms with Crippen LogP contribution in [0.25, 0.3) is 22.2 Å². The van der Waals surface area contributed by atoms with Crippen molar-refractivity contribution in [3.8, 4) is 11.4 Å². The maximum Gasteiger partial charge on any atom is 0.419 e. The topological polar surface area (TPSA) is 47.8 Å². The maximum absolute atomic E-state index is 12.7. The molecule has 0 spiro atoms. The van der Waals surface area contributed by atoms with Crippen LogP contribution in [-0.4, -0.2) is 14.5 Å². The summed E-state index contributed by atoms with van der Waals surface area (Å²) in [6.45, 7) is 4.70. The Morgan fingerprint density at radius 3 is 2.41 bits per heavy atom. The molecule has 2 aromatic heterocycles. The summed E-state index contributed by atoms with van der Waals surface area (Å²) in [5.74, 6) is 0.191. The molecular weight excluding hydrogens is 355 g/mol. The molecule has 0 saturated carbocycles. The molecule has 7 heteroatoms. The molecule has 1 aromatic carbocycles. The smallest absolute Gasteiger partial charge is 0.315 e. The van der Waals surface area contributed by atoms with Gasteiger partial charge in [0.15, 0.2) is 5.82 Å². The molecule has 0 aliphatic carbocycles. The minimum Gasteiger partial charge on any atom is -0.315 e. The van der Waals surface area contributed by atoms with E-state index in [9.17, 15) is 18.0 Å². The number of hydrogen-bond donors (Lipinski definition) is 0. The SMILES string of the molecule is CCCCCn1cc(C)c2cc(-c3ncc(C(F)(F)F)cn3)ccc2c1=O. The Kier molecular flexibility index (Phi) is 5.30. The van der Waals surface area contributed by atoms with Crippen LogP contribution in [0.2, 0.25) is 0 Å². The van der Waals surface area contributed by atoms with Crippen LogP contribution in [0.3, 0.4) is 0 Å². The minimum atomic E-state index is -4.47. The van der Waals surface area contributed by atoms with Crippen molar-refractivity contribution < 1.29 is 13.2 Å². The summed E-state index contributed by atoms with van der Waals surface area (Å²) >= 11 is 0. The predicted molar refractivity (Wildman–Crippen MR) is 98.5 cm³/mol. The van der Waals surface area contributed by atoms with Crippen molar-refractivity contribution >= 4 is 10.8 Å². The van der Waals surface area contributed by atoms with Gasteiger partial charge < -0.3 is 4.57 Å². The van der Waals surface area contributed by atoms with Gasteiger partial charge in [0.2, 0.25) is 0 Å². The zero-order valence-electron chi connectivity index (χ0n) is 15.2. The number of nitrogens with zero attached hydrogens (tertiary/aromatic N) is 3. The molecule has 0 radical (unpaired) electrons. The van der Waals surface area contributed by atoms with Gasteiger partial charge in [0, 0.05) is 36.1 Å². The van der Waals surface area contributed by atoms with Crippen LogP contribution < -0.4 is 5.56 Å². The van der Waals surface area contributed by atoms with Gasteiger partial charge in [0.1, 0.15) is 0 Å². The van der Waals surface area contributed by atoms with Gasteiger partial charge in [-0.3, -0.25) is 4.79 Å². The molecule has 0 fully saturated rings. The zero-order valence-corrected chi connectivity index (χ0v) is 15.2. The Morgan fingerprint density at radius 1 is 1.07 bits per heavy atom. The Labute approximate surface area is 154 Å². The van der Waals surface area contributed by atoms with E-state index in [2.05, 4.69) is 16.9 Å². The van der Waals surface area contributed by atoms with Crippen LogP contribution in [0, 0.1) is 6.92 Å². The molecule has 0 N–H and O–H groups in total. The Morgan fingerprint density at radius 2 is 1.78 bits per heavy atom. The molecular formula is C20H20F3N3O. The van der Waals surface area contributed by atoms with Gasteiger partial charge in [-0.15, -0.1) is 0 Å².